The summed E-state index contributed by atoms with van der Waals surface area (Å²) in [7, 11) is 0. The zero-order valence-corrected chi connectivity index (χ0v) is 14.1. The van der Waals surface area contributed by atoms with Crippen LogP contribution in [0.25, 0.3) is 0 Å². The lowest BCUT2D eigenvalue weighted by molar-refractivity contribution is -0.138. The Morgan fingerprint density at radius 1 is 1.33 bits per heavy atom. The van der Waals surface area contributed by atoms with Crippen molar-refractivity contribution in [2.45, 2.75) is 62.7 Å². The van der Waals surface area contributed by atoms with E-state index in [1.54, 1.807) is 27.7 Å². The van der Waals surface area contributed by atoms with Crippen LogP contribution in [0.1, 0.15) is 41.0 Å². The molecule has 1 aliphatic rings. The molecule has 7 heteroatoms. The lowest BCUT2D eigenvalue weighted by Crippen LogP contribution is -2.63. The van der Waals surface area contributed by atoms with Gasteiger partial charge in [-0.15, -0.1) is 11.8 Å². The highest BCUT2D eigenvalue weighted by Gasteiger charge is 2.49. The van der Waals surface area contributed by atoms with E-state index >= 15 is 0 Å². The standard InChI is InChI=1S/C14H25NO5S/c1-9(16)10(2)21-14(6-11(17)18)7-15(8-14)12(19)20-13(3,4)5/h9-10,16H,6-8H2,1-5H3,(H,17,18). The van der Waals surface area contributed by atoms with Crippen molar-refractivity contribution in [3.63, 3.8) is 0 Å². The normalized spacial score (nSPS) is 20.4. The van der Waals surface area contributed by atoms with Gasteiger partial charge in [-0.2, -0.15) is 0 Å². The Hall–Kier alpha value is -0.950. The molecule has 1 rings (SSSR count). The lowest BCUT2D eigenvalue weighted by Gasteiger charge is -2.50. The Morgan fingerprint density at radius 3 is 2.24 bits per heavy atom. The smallest absolute Gasteiger partial charge is 0.410 e. The van der Waals surface area contributed by atoms with Crippen molar-refractivity contribution in [1.82, 2.24) is 4.90 Å². The number of rotatable bonds is 5. The average molecular weight is 319 g/mol. The molecule has 0 aliphatic carbocycles. The third-order valence-corrected chi connectivity index (χ3v) is 4.87. The van der Waals surface area contributed by atoms with Crippen LogP contribution in [0, 0.1) is 0 Å². The van der Waals surface area contributed by atoms with Crippen molar-refractivity contribution in [1.29, 1.82) is 0 Å². The predicted molar refractivity (Wildman–Crippen MR) is 81.5 cm³/mol. The fourth-order valence-electron chi connectivity index (χ4n) is 2.10. The van der Waals surface area contributed by atoms with Crippen molar-refractivity contribution >= 4 is 23.8 Å². The number of ether oxygens (including phenoxy) is 1. The van der Waals surface area contributed by atoms with E-state index in [0.29, 0.717) is 13.1 Å². The largest absolute Gasteiger partial charge is 0.481 e. The van der Waals surface area contributed by atoms with E-state index in [2.05, 4.69) is 0 Å². The van der Waals surface area contributed by atoms with Crippen LogP contribution in [0.2, 0.25) is 0 Å². The van der Waals surface area contributed by atoms with Gasteiger partial charge in [-0.3, -0.25) is 4.79 Å². The predicted octanol–water partition coefficient (Wildman–Crippen LogP) is 1.95. The molecule has 0 aromatic carbocycles. The first-order chi connectivity index (χ1) is 9.44. The molecule has 1 fully saturated rings. The van der Waals surface area contributed by atoms with E-state index < -0.39 is 28.5 Å². The van der Waals surface area contributed by atoms with Crippen LogP contribution in [-0.4, -0.2) is 62.0 Å². The molecule has 2 atom stereocenters. The molecule has 0 radical (unpaired) electrons. The summed E-state index contributed by atoms with van der Waals surface area (Å²) in [6.07, 6.45) is -0.987. The third-order valence-electron chi connectivity index (χ3n) is 3.20. The second-order valence-corrected chi connectivity index (χ2v) is 8.50. The average Bonchev–Trinajstić information content (AvgIpc) is 2.21. The number of carbonyl (C=O) groups excluding carboxylic acids is 1. The summed E-state index contributed by atoms with van der Waals surface area (Å²) < 4.78 is 4.73. The minimum Gasteiger partial charge on any atom is -0.481 e. The van der Waals surface area contributed by atoms with E-state index in [0.717, 1.165) is 0 Å². The Morgan fingerprint density at radius 2 is 1.86 bits per heavy atom. The number of aliphatic hydroxyl groups is 1. The van der Waals surface area contributed by atoms with Crippen LogP contribution in [0.15, 0.2) is 0 Å². The minimum absolute atomic E-state index is 0.0337. The Kier molecular flexibility index (Phi) is 5.55. The summed E-state index contributed by atoms with van der Waals surface area (Å²) in [5.41, 5.74) is -0.567. The fourth-order valence-corrected chi connectivity index (χ4v) is 3.75. The summed E-state index contributed by atoms with van der Waals surface area (Å²) in [6.45, 7) is 9.57. The first-order valence-corrected chi connectivity index (χ1v) is 7.88. The number of amides is 1. The molecule has 1 amide bonds. The van der Waals surface area contributed by atoms with E-state index in [1.165, 1.54) is 16.7 Å². The van der Waals surface area contributed by atoms with Crippen LogP contribution in [-0.2, 0) is 9.53 Å². The summed E-state index contributed by atoms with van der Waals surface area (Å²) in [5, 5.41) is 18.6. The molecular formula is C14H25NO5S. The van der Waals surface area contributed by atoms with Crippen LogP contribution in [0.4, 0.5) is 4.79 Å². The maximum absolute atomic E-state index is 11.9. The molecular weight excluding hydrogens is 294 g/mol. The van der Waals surface area contributed by atoms with Crippen molar-refractivity contribution < 1.29 is 24.5 Å². The van der Waals surface area contributed by atoms with E-state index in [9.17, 15) is 14.7 Å². The van der Waals surface area contributed by atoms with Crippen LogP contribution >= 0.6 is 11.8 Å². The van der Waals surface area contributed by atoms with Gasteiger partial charge in [0.2, 0.25) is 0 Å². The Balaban J connectivity index is 2.65. The molecule has 0 aromatic heterocycles. The number of likely N-dealkylation sites (tertiary alicyclic amines) is 1. The number of nitrogens with zero attached hydrogens (tertiary/aromatic N) is 1. The van der Waals surface area contributed by atoms with Gasteiger partial charge in [0, 0.05) is 18.3 Å². The molecule has 2 unspecified atom stereocenters. The zero-order valence-electron chi connectivity index (χ0n) is 13.3. The summed E-state index contributed by atoms with van der Waals surface area (Å²) in [5.74, 6) is -0.899. The summed E-state index contributed by atoms with van der Waals surface area (Å²) in [4.78, 5) is 24.5. The highest BCUT2D eigenvalue weighted by atomic mass is 32.2. The van der Waals surface area contributed by atoms with Gasteiger partial charge in [0.05, 0.1) is 17.3 Å². The van der Waals surface area contributed by atoms with Gasteiger partial charge in [0.15, 0.2) is 0 Å². The van der Waals surface area contributed by atoms with Gasteiger partial charge in [0.25, 0.3) is 0 Å². The number of carbonyl (C=O) groups is 2. The van der Waals surface area contributed by atoms with Gasteiger partial charge in [-0.05, 0) is 27.7 Å². The highest BCUT2D eigenvalue weighted by Crippen LogP contribution is 2.42. The minimum atomic E-state index is -0.899. The zero-order chi connectivity index (χ0) is 16.4. The molecule has 1 aliphatic heterocycles. The van der Waals surface area contributed by atoms with Gasteiger partial charge in [0.1, 0.15) is 5.60 Å². The summed E-state index contributed by atoms with van der Waals surface area (Å²) >= 11 is 1.43. The lowest BCUT2D eigenvalue weighted by atomic mass is 9.95. The molecule has 0 aromatic rings. The van der Waals surface area contributed by atoms with E-state index in [1.807, 2.05) is 6.92 Å². The molecule has 0 saturated carbocycles. The number of hydrogen-bond donors (Lipinski definition) is 2. The van der Waals surface area contributed by atoms with Gasteiger partial charge in [-0.1, -0.05) is 6.92 Å². The highest BCUT2D eigenvalue weighted by molar-refractivity contribution is 8.01. The number of thioether (sulfide) groups is 1. The number of carboxylic acids is 1. The van der Waals surface area contributed by atoms with E-state index in [4.69, 9.17) is 9.84 Å². The van der Waals surface area contributed by atoms with Crippen LogP contribution in [0.3, 0.4) is 0 Å². The Labute approximate surface area is 129 Å². The van der Waals surface area contributed by atoms with Crippen molar-refractivity contribution in [2.24, 2.45) is 0 Å². The van der Waals surface area contributed by atoms with E-state index in [-0.39, 0.29) is 11.7 Å². The van der Waals surface area contributed by atoms with Crippen molar-refractivity contribution in [3.05, 3.63) is 0 Å². The SMILES string of the molecule is CC(O)C(C)SC1(CC(=O)O)CN(C(=O)OC(C)(C)C)C1. The van der Waals surface area contributed by atoms with Gasteiger partial charge < -0.3 is 19.8 Å². The second-order valence-electron chi connectivity index (χ2n) is 6.65. The number of hydrogen-bond acceptors (Lipinski definition) is 5. The van der Waals surface area contributed by atoms with Gasteiger partial charge >= 0.3 is 12.1 Å². The molecule has 6 nitrogen and oxygen atoms in total. The molecule has 1 heterocycles. The molecule has 1 saturated heterocycles. The van der Waals surface area contributed by atoms with Crippen LogP contribution in [0.5, 0.6) is 0 Å². The fraction of sp³-hybridized carbons (Fsp3) is 0.857. The quantitative estimate of drug-likeness (QED) is 0.805. The molecule has 0 bridgehead atoms. The number of aliphatic carboxylic acids is 1. The monoisotopic (exact) mass is 319 g/mol. The second kappa shape index (κ2) is 6.44. The first-order valence-electron chi connectivity index (χ1n) is 7.00. The first kappa shape index (κ1) is 18.1. The summed E-state index contributed by atoms with van der Waals surface area (Å²) in [6, 6.07) is 0. The maximum Gasteiger partial charge on any atom is 0.410 e. The molecule has 0 spiro atoms. The number of carboxylic acid groups (broad SMARTS) is 1. The van der Waals surface area contributed by atoms with Crippen molar-refractivity contribution in [3.8, 4) is 0 Å². The molecule has 2 N–H and O–H groups in total. The molecule has 122 valence electrons. The third kappa shape index (κ3) is 5.39. The van der Waals surface area contributed by atoms with Crippen LogP contribution < -0.4 is 0 Å². The topological polar surface area (TPSA) is 87.1 Å². The maximum atomic E-state index is 11.9. The molecule has 21 heavy (non-hydrogen) atoms. The van der Waals surface area contributed by atoms with Gasteiger partial charge in [-0.25, -0.2) is 4.79 Å². The Bertz CT molecular complexity index is 399. The number of aliphatic hydroxyl groups excluding tert-OH is 1. The van der Waals surface area contributed by atoms with Crippen molar-refractivity contribution in [2.75, 3.05) is 13.1 Å².